The summed E-state index contributed by atoms with van der Waals surface area (Å²) in [4.78, 5) is 14.2. The van der Waals surface area contributed by atoms with Gasteiger partial charge in [-0.1, -0.05) is 60.2 Å². The number of hydrogen-bond donors (Lipinski definition) is 0. The van der Waals surface area contributed by atoms with Gasteiger partial charge in [-0.05, 0) is 48.7 Å². The van der Waals surface area contributed by atoms with Crippen LogP contribution >= 0.6 is 0 Å². The van der Waals surface area contributed by atoms with Crippen molar-refractivity contribution in [2.45, 2.75) is 24.3 Å². The SMILES string of the molecule is Cc1ccc(S(=O)(=O)Oc2ccc([C@@H]3CN(CCc4ccccc4)C(=O)CO3)cc2)cc1. The first-order valence-electron chi connectivity index (χ1n) is 10.5. The van der Waals surface area contributed by atoms with Crippen molar-refractivity contribution >= 4 is 16.0 Å². The molecule has 7 heteroatoms. The Hall–Kier alpha value is -3.16. The number of hydrogen-bond acceptors (Lipinski definition) is 5. The van der Waals surface area contributed by atoms with Crippen molar-refractivity contribution in [3.8, 4) is 5.75 Å². The third-order valence-corrected chi connectivity index (χ3v) is 6.69. The Morgan fingerprint density at radius 2 is 1.66 bits per heavy atom. The molecule has 0 radical (unpaired) electrons. The Balaban J connectivity index is 1.39. The van der Waals surface area contributed by atoms with Crippen LogP contribution in [0.25, 0.3) is 0 Å². The molecule has 1 saturated heterocycles. The summed E-state index contributed by atoms with van der Waals surface area (Å²) in [7, 11) is -3.90. The summed E-state index contributed by atoms with van der Waals surface area (Å²) in [6.45, 7) is 2.99. The van der Waals surface area contributed by atoms with Crippen molar-refractivity contribution in [2.24, 2.45) is 0 Å². The van der Waals surface area contributed by atoms with Crippen LogP contribution in [0.4, 0.5) is 0 Å². The fourth-order valence-corrected chi connectivity index (χ4v) is 4.49. The summed E-state index contributed by atoms with van der Waals surface area (Å²) in [6, 6.07) is 23.3. The minimum atomic E-state index is -3.90. The van der Waals surface area contributed by atoms with E-state index in [0.717, 1.165) is 17.5 Å². The molecule has 0 saturated carbocycles. The molecular formula is C25H25NO5S. The van der Waals surface area contributed by atoms with Crippen LogP contribution in [0.2, 0.25) is 0 Å². The largest absolute Gasteiger partial charge is 0.379 e. The Kier molecular flexibility index (Phi) is 6.58. The van der Waals surface area contributed by atoms with E-state index in [4.69, 9.17) is 8.92 Å². The minimum Gasteiger partial charge on any atom is -0.379 e. The lowest BCUT2D eigenvalue weighted by molar-refractivity contribution is -0.149. The number of benzene rings is 3. The highest BCUT2D eigenvalue weighted by Gasteiger charge is 2.27. The number of ether oxygens (including phenoxy) is 1. The van der Waals surface area contributed by atoms with Gasteiger partial charge in [0.1, 0.15) is 23.4 Å². The molecule has 1 atom stereocenters. The zero-order valence-electron chi connectivity index (χ0n) is 17.8. The van der Waals surface area contributed by atoms with Crippen LogP contribution in [0, 0.1) is 6.92 Å². The summed E-state index contributed by atoms with van der Waals surface area (Å²) in [6.07, 6.45) is 0.509. The summed E-state index contributed by atoms with van der Waals surface area (Å²) in [5.41, 5.74) is 3.01. The number of amides is 1. The first-order chi connectivity index (χ1) is 15.4. The molecule has 166 valence electrons. The van der Waals surface area contributed by atoms with E-state index >= 15 is 0 Å². The van der Waals surface area contributed by atoms with Gasteiger partial charge in [-0.3, -0.25) is 4.79 Å². The summed E-state index contributed by atoms with van der Waals surface area (Å²) < 4.78 is 35.9. The molecule has 0 unspecified atom stereocenters. The minimum absolute atomic E-state index is 0.0266. The van der Waals surface area contributed by atoms with E-state index in [1.807, 2.05) is 42.2 Å². The smallest absolute Gasteiger partial charge is 0.339 e. The zero-order chi connectivity index (χ0) is 22.6. The van der Waals surface area contributed by atoms with Crippen molar-refractivity contribution in [3.63, 3.8) is 0 Å². The molecule has 1 aliphatic rings. The molecule has 1 aliphatic heterocycles. The highest BCUT2D eigenvalue weighted by Crippen LogP contribution is 2.26. The molecule has 0 spiro atoms. The second-order valence-corrected chi connectivity index (χ2v) is 9.34. The lowest BCUT2D eigenvalue weighted by Gasteiger charge is -2.33. The van der Waals surface area contributed by atoms with E-state index in [9.17, 15) is 13.2 Å². The van der Waals surface area contributed by atoms with Gasteiger partial charge in [0.15, 0.2) is 0 Å². The molecule has 0 aromatic heterocycles. The number of rotatable bonds is 7. The van der Waals surface area contributed by atoms with Gasteiger partial charge in [0.25, 0.3) is 0 Å². The predicted octanol–water partition coefficient (Wildman–Crippen LogP) is 3.91. The quantitative estimate of drug-likeness (QED) is 0.510. The lowest BCUT2D eigenvalue weighted by Crippen LogP contribution is -2.44. The fourth-order valence-electron chi connectivity index (χ4n) is 3.56. The molecule has 1 amide bonds. The van der Waals surface area contributed by atoms with Gasteiger partial charge in [-0.25, -0.2) is 0 Å². The van der Waals surface area contributed by atoms with E-state index in [-0.39, 0.29) is 29.3 Å². The third kappa shape index (κ3) is 5.36. The van der Waals surface area contributed by atoms with Gasteiger partial charge < -0.3 is 13.8 Å². The Morgan fingerprint density at radius 3 is 2.34 bits per heavy atom. The van der Waals surface area contributed by atoms with E-state index in [0.29, 0.717) is 13.1 Å². The maximum absolute atomic E-state index is 12.5. The van der Waals surface area contributed by atoms with Crippen molar-refractivity contribution in [1.82, 2.24) is 4.90 Å². The molecule has 0 bridgehead atoms. The first kappa shape index (κ1) is 22.0. The van der Waals surface area contributed by atoms with Crippen LogP contribution < -0.4 is 4.18 Å². The average molecular weight is 452 g/mol. The number of aryl methyl sites for hydroxylation is 1. The van der Waals surface area contributed by atoms with Crippen LogP contribution in [-0.2, 0) is 26.1 Å². The van der Waals surface area contributed by atoms with Crippen LogP contribution in [-0.4, -0.2) is 38.9 Å². The van der Waals surface area contributed by atoms with Crippen molar-refractivity contribution in [1.29, 1.82) is 0 Å². The van der Waals surface area contributed by atoms with Crippen LogP contribution in [0.15, 0.2) is 83.8 Å². The second kappa shape index (κ2) is 9.54. The monoisotopic (exact) mass is 451 g/mol. The van der Waals surface area contributed by atoms with Gasteiger partial charge >= 0.3 is 10.1 Å². The molecule has 6 nitrogen and oxygen atoms in total. The molecule has 3 aromatic rings. The zero-order valence-corrected chi connectivity index (χ0v) is 18.6. The summed E-state index contributed by atoms with van der Waals surface area (Å²) >= 11 is 0. The van der Waals surface area contributed by atoms with Crippen molar-refractivity contribution in [2.75, 3.05) is 19.7 Å². The molecule has 0 N–H and O–H groups in total. The summed E-state index contributed by atoms with van der Waals surface area (Å²) in [5, 5.41) is 0. The number of nitrogens with zero attached hydrogens (tertiary/aromatic N) is 1. The first-order valence-corrected chi connectivity index (χ1v) is 11.9. The molecule has 1 heterocycles. The predicted molar refractivity (Wildman–Crippen MR) is 121 cm³/mol. The van der Waals surface area contributed by atoms with E-state index in [1.165, 1.54) is 17.7 Å². The van der Waals surface area contributed by atoms with Gasteiger partial charge in [0.05, 0.1) is 6.54 Å². The molecular weight excluding hydrogens is 426 g/mol. The topological polar surface area (TPSA) is 72.9 Å². The van der Waals surface area contributed by atoms with Gasteiger partial charge in [-0.15, -0.1) is 0 Å². The van der Waals surface area contributed by atoms with Crippen LogP contribution in [0.3, 0.4) is 0 Å². The number of carbonyl (C=O) groups is 1. The molecule has 3 aromatic carbocycles. The Morgan fingerprint density at radius 1 is 0.969 bits per heavy atom. The van der Waals surface area contributed by atoms with E-state index in [2.05, 4.69) is 0 Å². The second-order valence-electron chi connectivity index (χ2n) is 7.79. The Bertz CT molecular complexity index is 1160. The highest BCUT2D eigenvalue weighted by molar-refractivity contribution is 7.87. The summed E-state index contributed by atoms with van der Waals surface area (Å²) in [5.74, 6) is 0.198. The Labute approximate surface area is 188 Å². The molecule has 4 rings (SSSR count). The van der Waals surface area contributed by atoms with Crippen LogP contribution in [0.1, 0.15) is 22.8 Å². The maximum atomic E-state index is 12.5. The number of carbonyl (C=O) groups excluding carboxylic acids is 1. The average Bonchev–Trinajstić information content (AvgIpc) is 2.80. The molecule has 1 fully saturated rings. The van der Waals surface area contributed by atoms with E-state index in [1.54, 1.807) is 36.4 Å². The van der Waals surface area contributed by atoms with Crippen molar-refractivity contribution in [3.05, 3.63) is 95.6 Å². The van der Waals surface area contributed by atoms with Gasteiger partial charge in [0, 0.05) is 6.54 Å². The maximum Gasteiger partial charge on any atom is 0.339 e. The normalized spacial score (nSPS) is 16.7. The molecule has 32 heavy (non-hydrogen) atoms. The lowest BCUT2D eigenvalue weighted by atomic mass is 10.1. The van der Waals surface area contributed by atoms with E-state index < -0.39 is 10.1 Å². The molecule has 0 aliphatic carbocycles. The van der Waals surface area contributed by atoms with Gasteiger partial charge in [-0.2, -0.15) is 8.42 Å². The number of morpholine rings is 1. The third-order valence-electron chi connectivity index (χ3n) is 5.43. The van der Waals surface area contributed by atoms with Crippen molar-refractivity contribution < 1.29 is 22.1 Å². The van der Waals surface area contributed by atoms with Crippen LogP contribution in [0.5, 0.6) is 5.75 Å². The standard InChI is InChI=1S/C25H25NO5S/c1-19-7-13-23(14-8-19)32(28,29)31-22-11-9-21(10-12-22)24-17-26(25(27)18-30-24)16-15-20-5-3-2-4-6-20/h2-14,24H,15-18H2,1H3/t24-/m0/s1. The van der Waals surface area contributed by atoms with Gasteiger partial charge in [0.2, 0.25) is 5.91 Å². The fraction of sp³-hybridized carbons (Fsp3) is 0.240. The highest BCUT2D eigenvalue weighted by atomic mass is 32.2.